The van der Waals surface area contributed by atoms with Gasteiger partial charge in [-0.25, -0.2) is 0 Å². The Bertz CT molecular complexity index is 398. The lowest BCUT2D eigenvalue weighted by atomic mass is 9.98. The summed E-state index contributed by atoms with van der Waals surface area (Å²) in [4.78, 5) is 9.33. The molecule has 0 aliphatic carbocycles. The minimum absolute atomic E-state index is 0.539. The molecule has 0 amide bonds. The molecule has 2 fully saturated rings. The lowest BCUT2D eigenvalue weighted by Gasteiger charge is -2.34. The summed E-state index contributed by atoms with van der Waals surface area (Å²) in [6.45, 7) is 12.9. The van der Waals surface area contributed by atoms with Crippen LogP contribution < -0.4 is 10.6 Å². The second-order valence-electron chi connectivity index (χ2n) is 7.38. The van der Waals surface area contributed by atoms with Gasteiger partial charge in [0.15, 0.2) is 5.96 Å². The Morgan fingerprint density at radius 2 is 1.96 bits per heavy atom. The Morgan fingerprint density at radius 1 is 1.22 bits per heavy atom. The van der Waals surface area contributed by atoms with E-state index in [1.807, 2.05) is 7.05 Å². The summed E-state index contributed by atoms with van der Waals surface area (Å²) in [5.41, 5.74) is 1.26. The van der Waals surface area contributed by atoms with Crippen molar-refractivity contribution in [2.24, 2.45) is 10.9 Å². The molecule has 0 saturated carbocycles. The van der Waals surface area contributed by atoms with E-state index in [1.165, 1.54) is 44.3 Å². The van der Waals surface area contributed by atoms with Crippen molar-refractivity contribution in [3.63, 3.8) is 0 Å². The Kier molecular flexibility index (Phi) is 7.37. The summed E-state index contributed by atoms with van der Waals surface area (Å²) in [7, 11) is 4.09. The predicted octanol–water partition coefficient (Wildman–Crippen LogP) is 1.53. The van der Waals surface area contributed by atoms with E-state index >= 15 is 0 Å². The number of piperidine rings is 2. The zero-order valence-electron chi connectivity index (χ0n) is 15.3. The smallest absolute Gasteiger partial charge is 0.191 e. The molecule has 23 heavy (non-hydrogen) atoms. The first-order valence-electron chi connectivity index (χ1n) is 9.09. The summed E-state index contributed by atoms with van der Waals surface area (Å²) >= 11 is 0. The van der Waals surface area contributed by atoms with E-state index in [0.29, 0.717) is 6.04 Å². The fourth-order valence-corrected chi connectivity index (χ4v) is 3.69. The lowest BCUT2D eigenvalue weighted by Crippen LogP contribution is -2.50. The van der Waals surface area contributed by atoms with Crippen LogP contribution in [0.25, 0.3) is 0 Å². The minimum atomic E-state index is 0.539. The maximum absolute atomic E-state index is 4.41. The van der Waals surface area contributed by atoms with Gasteiger partial charge in [-0.3, -0.25) is 9.89 Å². The summed E-state index contributed by atoms with van der Waals surface area (Å²) in [6.07, 6.45) is 5.00. The van der Waals surface area contributed by atoms with Gasteiger partial charge in [0, 0.05) is 45.8 Å². The van der Waals surface area contributed by atoms with E-state index in [2.05, 4.69) is 46.0 Å². The SMILES string of the molecule is C=C(C)CN1CCC(NC(=NC)NCC2CCCN(C)C2)CC1. The Labute approximate surface area is 142 Å². The molecule has 2 rings (SSSR count). The quantitative estimate of drug-likeness (QED) is 0.458. The standard InChI is InChI=1S/C18H35N5/c1-15(2)13-23-10-7-17(8-11-23)21-18(19-3)20-12-16-6-5-9-22(4)14-16/h16-17H,1,5-14H2,2-4H3,(H2,19,20,21). The third-order valence-electron chi connectivity index (χ3n) is 4.93. The molecule has 1 atom stereocenters. The fraction of sp³-hybridized carbons (Fsp3) is 0.833. The largest absolute Gasteiger partial charge is 0.356 e. The molecule has 0 spiro atoms. The first kappa shape index (κ1) is 18.3. The van der Waals surface area contributed by atoms with E-state index in [-0.39, 0.29) is 0 Å². The monoisotopic (exact) mass is 321 g/mol. The van der Waals surface area contributed by atoms with E-state index < -0.39 is 0 Å². The van der Waals surface area contributed by atoms with Gasteiger partial charge in [-0.1, -0.05) is 12.2 Å². The van der Waals surface area contributed by atoms with Gasteiger partial charge in [-0.2, -0.15) is 0 Å². The number of aliphatic imine (C=N–C) groups is 1. The van der Waals surface area contributed by atoms with Crippen LogP contribution in [0.5, 0.6) is 0 Å². The van der Waals surface area contributed by atoms with E-state index in [1.54, 1.807) is 0 Å². The summed E-state index contributed by atoms with van der Waals surface area (Å²) in [5.74, 6) is 1.71. The number of nitrogens with one attached hydrogen (secondary N) is 2. The average molecular weight is 322 g/mol. The van der Waals surface area contributed by atoms with Gasteiger partial charge in [-0.15, -0.1) is 0 Å². The second kappa shape index (κ2) is 9.28. The minimum Gasteiger partial charge on any atom is -0.356 e. The average Bonchev–Trinajstić information content (AvgIpc) is 2.52. The summed E-state index contributed by atoms with van der Waals surface area (Å²) < 4.78 is 0. The molecule has 0 aromatic rings. The Hall–Kier alpha value is -1.07. The first-order valence-corrected chi connectivity index (χ1v) is 9.09. The predicted molar refractivity (Wildman–Crippen MR) is 99.0 cm³/mol. The third-order valence-corrected chi connectivity index (χ3v) is 4.93. The van der Waals surface area contributed by atoms with E-state index in [0.717, 1.165) is 38.1 Å². The van der Waals surface area contributed by atoms with Crippen molar-refractivity contribution in [3.8, 4) is 0 Å². The number of likely N-dealkylation sites (tertiary alicyclic amines) is 2. The molecule has 5 heteroatoms. The first-order chi connectivity index (χ1) is 11.1. The Morgan fingerprint density at radius 3 is 2.57 bits per heavy atom. The number of hydrogen-bond donors (Lipinski definition) is 2. The van der Waals surface area contributed by atoms with Gasteiger partial charge in [0.2, 0.25) is 0 Å². The van der Waals surface area contributed by atoms with Crippen molar-refractivity contribution in [1.82, 2.24) is 20.4 Å². The molecule has 5 nitrogen and oxygen atoms in total. The van der Waals surface area contributed by atoms with Crippen molar-refractivity contribution in [2.75, 3.05) is 53.4 Å². The molecule has 2 saturated heterocycles. The van der Waals surface area contributed by atoms with E-state index in [4.69, 9.17) is 0 Å². The number of rotatable bonds is 5. The molecule has 132 valence electrons. The van der Waals surface area contributed by atoms with Crippen LogP contribution in [0, 0.1) is 5.92 Å². The van der Waals surface area contributed by atoms with Crippen LogP contribution in [-0.4, -0.2) is 75.2 Å². The Balaban J connectivity index is 1.68. The van der Waals surface area contributed by atoms with Crippen LogP contribution in [0.3, 0.4) is 0 Å². The van der Waals surface area contributed by atoms with Gasteiger partial charge in [0.1, 0.15) is 0 Å². The van der Waals surface area contributed by atoms with Crippen molar-refractivity contribution >= 4 is 5.96 Å². The molecule has 0 radical (unpaired) electrons. The molecule has 0 aromatic heterocycles. The molecule has 2 heterocycles. The second-order valence-corrected chi connectivity index (χ2v) is 7.38. The highest BCUT2D eigenvalue weighted by molar-refractivity contribution is 5.79. The van der Waals surface area contributed by atoms with Crippen LogP contribution >= 0.6 is 0 Å². The molecular formula is C18H35N5. The van der Waals surface area contributed by atoms with Crippen molar-refractivity contribution in [2.45, 2.75) is 38.6 Å². The maximum atomic E-state index is 4.41. The normalized spacial score (nSPS) is 25.3. The third kappa shape index (κ3) is 6.51. The van der Waals surface area contributed by atoms with Crippen LogP contribution in [0.4, 0.5) is 0 Å². The zero-order valence-corrected chi connectivity index (χ0v) is 15.3. The zero-order chi connectivity index (χ0) is 16.7. The molecule has 0 bridgehead atoms. The van der Waals surface area contributed by atoms with E-state index in [9.17, 15) is 0 Å². The highest BCUT2D eigenvalue weighted by atomic mass is 15.2. The van der Waals surface area contributed by atoms with Crippen LogP contribution in [0.2, 0.25) is 0 Å². The molecule has 2 aliphatic heterocycles. The van der Waals surface area contributed by atoms with Crippen molar-refractivity contribution < 1.29 is 0 Å². The molecule has 1 unspecified atom stereocenters. The number of hydrogen-bond acceptors (Lipinski definition) is 3. The van der Waals surface area contributed by atoms with Crippen molar-refractivity contribution in [3.05, 3.63) is 12.2 Å². The van der Waals surface area contributed by atoms with Gasteiger partial charge >= 0.3 is 0 Å². The maximum Gasteiger partial charge on any atom is 0.191 e. The molecule has 2 N–H and O–H groups in total. The van der Waals surface area contributed by atoms with Gasteiger partial charge < -0.3 is 15.5 Å². The highest BCUT2D eigenvalue weighted by Gasteiger charge is 2.21. The molecular weight excluding hydrogens is 286 g/mol. The lowest BCUT2D eigenvalue weighted by molar-refractivity contribution is 0.209. The molecule has 0 aromatic carbocycles. The fourth-order valence-electron chi connectivity index (χ4n) is 3.69. The van der Waals surface area contributed by atoms with Crippen LogP contribution in [0.15, 0.2) is 17.1 Å². The molecule has 2 aliphatic rings. The van der Waals surface area contributed by atoms with Gasteiger partial charge in [-0.05, 0) is 52.1 Å². The topological polar surface area (TPSA) is 42.9 Å². The number of guanidine groups is 1. The van der Waals surface area contributed by atoms with Crippen LogP contribution in [-0.2, 0) is 0 Å². The van der Waals surface area contributed by atoms with Crippen molar-refractivity contribution in [1.29, 1.82) is 0 Å². The summed E-state index contributed by atoms with van der Waals surface area (Å²) in [5, 5.41) is 7.14. The summed E-state index contributed by atoms with van der Waals surface area (Å²) in [6, 6.07) is 0.539. The highest BCUT2D eigenvalue weighted by Crippen LogP contribution is 2.14. The number of nitrogens with zero attached hydrogens (tertiary/aromatic N) is 3. The van der Waals surface area contributed by atoms with Gasteiger partial charge in [0.05, 0.1) is 0 Å². The van der Waals surface area contributed by atoms with Crippen LogP contribution in [0.1, 0.15) is 32.6 Å². The van der Waals surface area contributed by atoms with Gasteiger partial charge in [0.25, 0.3) is 0 Å².